The molecule has 1 aromatic rings. The second kappa shape index (κ2) is 3.34. The number of methoxy groups -OCH3 is 1. The van der Waals surface area contributed by atoms with Gasteiger partial charge in [0.1, 0.15) is 7.05 Å². The summed E-state index contributed by atoms with van der Waals surface area (Å²) in [5, 5.41) is 3.35. The Morgan fingerprint density at radius 2 is 2.38 bits per heavy atom. The fourth-order valence-electron chi connectivity index (χ4n) is 1.85. The summed E-state index contributed by atoms with van der Waals surface area (Å²) in [4.78, 5) is 0. The molecule has 0 radical (unpaired) electrons. The summed E-state index contributed by atoms with van der Waals surface area (Å²) < 4.78 is 7.39. The van der Waals surface area contributed by atoms with Gasteiger partial charge in [-0.25, -0.2) is 0 Å². The van der Waals surface area contributed by atoms with Crippen LogP contribution in [0.1, 0.15) is 11.1 Å². The molecule has 1 N–H and O–H groups in total. The second-order valence-electron chi connectivity index (χ2n) is 3.37. The van der Waals surface area contributed by atoms with E-state index in [1.165, 1.54) is 11.1 Å². The average molecular weight is 179 g/mol. The Labute approximate surface area is 78.3 Å². The molecule has 0 aliphatic carbocycles. The molecule has 1 aliphatic rings. The van der Waals surface area contributed by atoms with Crippen molar-refractivity contribution >= 4 is 0 Å². The summed E-state index contributed by atoms with van der Waals surface area (Å²) in [6.45, 7) is 2.00. The summed E-state index contributed by atoms with van der Waals surface area (Å²) in [7, 11) is 3.73. The normalized spacial score (nSPS) is 15.2. The van der Waals surface area contributed by atoms with Crippen molar-refractivity contribution in [3.8, 4) is 5.88 Å². The maximum atomic E-state index is 5.37. The highest BCUT2D eigenvalue weighted by atomic mass is 16.5. The molecule has 70 valence electrons. The molecule has 0 unspecified atom stereocenters. The molecule has 0 amide bonds. The number of fused-ring (bicyclic) bond motifs is 1. The van der Waals surface area contributed by atoms with Crippen molar-refractivity contribution in [2.75, 3.05) is 13.7 Å². The lowest BCUT2D eigenvalue weighted by Gasteiger charge is -2.16. The quantitative estimate of drug-likeness (QED) is 0.621. The number of aromatic nitrogens is 1. The van der Waals surface area contributed by atoms with E-state index in [4.69, 9.17) is 4.74 Å². The lowest BCUT2D eigenvalue weighted by atomic mass is 10.0. The van der Waals surface area contributed by atoms with Gasteiger partial charge >= 0.3 is 5.88 Å². The first-order valence-corrected chi connectivity index (χ1v) is 4.58. The van der Waals surface area contributed by atoms with Crippen LogP contribution in [0.4, 0.5) is 0 Å². The van der Waals surface area contributed by atoms with E-state index >= 15 is 0 Å². The highest BCUT2D eigenvalue weighted by Gasteiger charge is 2.20. The molecular weight excluding hydrogens is 164 g/mol. The predicted molar refractivity (Wildman–Crippen MR) is 49.6 cm³/mol. The number of hydrogen-bond donors (Lipinski definition) is 1. The largest absolute Gasteiger partial charge is 0.447 e. The zero-order valence-electron chi connectivity index (χ0n) is 8.13. The lowest BCUT2D eigenvalue weighted by molar-refractivity contribution is -0.677. The van der Waals surface area contributed by atoms with Gasteiger partial charge in [0.05, 0.1) is 12.7 Å². The number of nitrogens with one attached hydrogen (secondary N) is 1. The number of ether oxygens (including phenoxy) is 1. The van der Waals surface area contributed by atoms with Crippen molar-refractivity contribution in [2.24, 2.45) is 7.05 Å². The van der Waals surface area contributed by atoms with Gasteiger partial charge in [-0.15, -0.1) is 0 Å². The molecule has 0 saturated heterocycles. The Hall–Kier alpha value is -1.09. The smallest absolute Gasteiger partial charge is 0.372 e. The summed E-state index contributed by atoms with van der Waals surface area (Å²) >= 11 is 0. The third kappa shape index (κ3) is 1.40. The minimum absolute atomic E-state index is 0.924. The van der Waals surface area contributed by atoms with E-state index < -0.39 is 0 Å². The van der Waals surface area contributed by atoms with Gasteiger partial charge < -0.3 is 10.1 Å². The molecular formula is C10H15N2O+. The fraction of sp³-hybridized carbons (Fsp3) is 0.500. The van der Waals surface area contributed by atoms with Crippen molar-refractivity contribution in [2.45, 2.75) is 13.0 Å². The van der Waals surface area contributed by atoms with Crippen LogP contribution in [-0.2, 0) is 20.0 Å². The first kappa shape index (κ1) is 8.51. The van der Waals surface area contributed by atoms with Gasteiger partial charge in [-0.05, 0) is 18.5 Å². The van der Waals surface area contributed by atoms with E-state index in [1.54, 1.807) is 7.11 Å². The molecule has 0 bridgehead atoms. The number of hydrogen-bond acceptors (Lipinski definition) is 2. The third-order valence-electron chi connectivity index (χ3n) is 2.53. The van der Waals surface area contributed by atoms with Crippen LogP contribution in [0.5, 0.6) is 5.88 Å². The number of pyridine rings is 1. The standard InChI is InChI=1S/C10H15N2O/c1-12-6-4-8-3-5-11-7-9(8)10(12)13-2/h4,6,11H,3,5,7H2,1-2H3/q+1. The number of rotatable bonds is 1. The summed E-state index contributed by atoms with van der Waals surface area (Å²) in [6.07, 6.45) is 3.16. The van der Waals surface area contributed by atoms with Gasteiger partial charge in [-0.1, -0.05) is 0 Å². The Balaban J connectivity index is 2.52. The fourth-order valence-corrected chi connectivity index (χ4v) is 1.85. The van der Waals surface area contributed by atoms with Crippen LogP contribution in [0.15, 0.2) is 12.3 Å². The van der Waals surface area contributed by atoms with E-state index in [1.807, 2.05) is 11.6 Å². The van der Waals surface area contributed by atoms with E-state index in [9.17, 15) is 0 Å². The molecule has 13 heavy (non-hydrogen) atoms. The van der Waals surface area contributed by atoms with Gasteiger partial charge in [0.15, 0.2) is 6.20 Å². The van der Waals surface area contributed by atoms with E-state index in [-0.39, 0.29) is 0 Å². The number of nitrogens with zero attached hydrogens (tertiary/aromatic N) is 1. The van der Waals surface area contributed by atoms with E-state index in [0.29, 0.717) is 0 Å². The van der Waals surface area contributed by atoms with Gasteiger partial charge in [-0.2, -0.15) is 4.57 Å². The average Bonchev–Trinajstić information content (AvgIpc) is 2.18. The van der Waals surface area contributed by atoms with Crippen LogP contribution in [0.2, 0.25) is 0 Å². The van der Waals surface area contributed by atoms with Crippen LogP contribution in [-0.4, -0.2) is 13.7 Å². The van der Waals surface area contributed by atoms with Crippen LogP contribution in [0, 0.1) is 0 Å². The maximum absolute atomic E-state index is 5.37. The summed E-state index contributed by atoms with van der Waals surface area (Å²) in [5.41, 5.74) is 2.72. The van der Waals surface area contributed by atoms with Gasteiger partial charge in [-0.3, -0.25) is 0 Å². The van der Waals surface area contributed by atoms with Crippen LogP contribution in [0.25, 0.3) is 0 Å². The second-order valence-corrected chi connectivity index (χ2v) is 3.37. The highest BCUT2D eigenvalue weighted by molar-refractivity contribution is 5.32. The van der Waals surface area contributed by atoms with Gasteiger partial charge in [0.25, 0.3) is 0 Å². The third-order valence-corrected chi connectivity index (χ3v) is 2.53. The zero-order chi connectivity index (χ0) is 9.26. The Morgan fingerprint density at radius 3 is 3.15 bits per heavy atom. The van der Waals surface area contributed by atoms with Crippen molar-refractivity contribution in [3.63, 3.8) is 0 Å². The molecule has 0 spiro atoms. The van der Waals surface area contributed by atoms with Crippen LogP contribution in [0.3, 0.4) is 0 Å². The first-order chi connectivity index (χ1) is 6.33. The molecule has 2 rings (SSSR count). The Bertz CT molecular complexity index is 323. The minimum atomic E-state index is 0.924. The maximum Gasteiger partial charge on any atom is 0.372 e. The minimum Gasteiger partial charge on any atom is -0.447 e. The number of aryl methyl sites for hydroxylation is 1. The first-order valence-electron chi connectivity index (χ1n) is 4.58. The van der Waals surface area contributed by atoms with Crippen LogP contribution < -0.4 is 14.6 Å². The highest BCUT2D eigenvalue weighted by Crippen LogP contribution is 2.20. The molecule has 0 fully saturated rings. The molecule has 2 heterocycles. The predicted octanol–water partition coefficient (Wildman–Crippen LogP) is 0.165. The summed E-state index contributed by atoms with van der Waals surface area (Å²) in [5.74, 6) is 0.977. The summed E-state index contributed by atoms with van der Waals surface area (Å²) in [6, 6.07) is 2.18. The molecule has 0 saturated carbocycles. The monoisotopic (exact) mass is 179 g/mol. The van der Waals surface area contributed by atoms with Crippen molar-refractivity contribution in [1.29, 1.82) is 0 Å². The zero-order valence-corrected chi connectivity index (χ0v) is 8.13. The van der Waals surface area contributed by atoms with Crippen molar-refractivity contribution in [3.05, 3.63) is 23.4 Å². The van der Waals surface area contributed by atoms with Crippen molar-refractivity contribution < 1.29 is 9.30 Å². The van der Waals surface area contributed by atoms with Crippen LogP contribution >= 0.6 is 0 Å². The molecule has 1 aromatic heterocycles. The topological polar surface area (TPSA) is 25.1 Å². The van der Waals surface area contributed by atoms with E-state index in [2.05, 4.69) is 17.6 Å². The van der Waals surface area contributed by atoms with Crippen molar-refractivity contribution in [1.82, 2.24) is 5.32 Å². The SMILES string of the molecule is COc1c2c(cc[n+]1C)CCNC2. The molecule has 3 heteroatoms. The lowest BCUT2D eigenvalue weighted by Crippen LogP contribution is -2.35. The van der Waals surface area contributed by atoms with E-state index in [0.717, 1.165) is 25.4 Å². The van der Waals surface area contributed by atoms with Gasteiger partial charge in [0, 0.05) is 12.6 Å². The molecule has 0 atom stereocenters. The molecule has 1 aliphatic heterocycles. The van der Waals surface area contributed by atoms with Gasteiger partial charge in [0.2, 0.25) is 0 Å². The Morgan fingerprint density at radius 1 is 1.54 bits per heavy atom. The Kier molecular flexibility index (Phi) is 2.19. The molecule has 3 nitrogen and oxygen atoms in total. The molecule has 0 aromatic carbocycles.